The first-order valence-electron chi connectivity index (χ1n) is 7.46. The monoisotopic (exact) mass is 290 g/mol. The van der Waals surface area contributed by atoms with E-state index in [9.17, 15) is 0 Å². The molecule has 2 aromatic rings. The minimum Gasteiger partial charge on any atom is -0.444 e. The Hall–Kier alpha value is -1.66. The Morgan fingerprint density at radius 1 is 1.43 bits per heavy atom. The molecule has 114 valence electrons. The maximum atomic E-state index is 5.81. The van der Waals surface area contributed by atoms with Crippen LogP contribution in [0.1, 0.15) is 31.4 Å². The quantitative estimate of drug-likeness (QED) is 0.841. The van der Waals surface area contributed by atoms with Gasteiger partial charge in [0.05, 0.1) is 32.0 Å². The molecule has 1 fully saturated rings. The lowest BCUT2D eigenvalue weighted by Gasteiger charge is -2.32. The van der Waals surface area contributed by atoms with Crippen LogP contribution in [-0.2, 0) is 17.8 Å². The summed E-state index contributed by atoms with van der Waals surface area (Å²) in [6.45, 7) is 8.27. The molecule has 0 radical (unpaired) electrons. The van der Waals surface area contributed by atoms with E-state index in [1.54, 1.807) is 6.20 Å². The second kappa shape index (κ2) is 6.41. The highest BCUT2D eigenvalue weighted by Gasteiger charge is 2.22. The van der Waals surface area contributed by atoms with Gasteiger partial charge in [-0.05, 0) is 6.07 Å². The van der Waals surface area contributed by atoms with Crippen LogP contribution in [0.15, 0.2) is 29.1 Å². The second-order valence-electron chi connectivity index (χ2n) is 5.77. The zero-order valence-electron chi connectivity index (χ0n) is 12.6. The number of oxazole rings is 1. The third-order valence-electron chi connectivity index (χ3n) is 3.67. The highest BCUT2D eigenvalue weighted by molar-refractivity contribution is 4.99. The topological polar surface area (TPSA) is 56.3 Å². The van der Waals surface area contributed by atoms with Gasteiger partial charge in [0.15, 0.2) is 0 Å². The van der Waals surface area contributed by atoms with Crippen LogP contribution >= 0.6 is 0 Å². The summed E-state index contributed by atoms with van der Waals surface area (Å²) in [5, 5.41) is 4.23. The molecule has 21 heavy (non-hydrogen) atoms. The summed E-state index contributed by atoms with van der Waals surface area (Å²) in [5.41, 5.74) is 0. The summed E-state index contributed by atoms with van der Waals surface area (Å²) in [5.74, 6) is 2.12. The van der Waals surface area contributed by atoms with Crippen LogP contribution in [0, 0.1) is 0 Å². The van der Waals surface area contributed by atoms with Gasteiger partial charge >= 0.3 is 0 Å². The maximum absolute atomic E-state index is 5.81. The van der Waals surface area contributed by atoms with Gasteiger partial charge in [0.1, 0.15) is 5.76 Å². The Morgan fingerprint density at radius 2 is 2.33 bits per heavy atom. The van der Waals surface area contributed by atoms with Gasteiger partial charge < -0.3 is 9.15 Å². The zero-order chi connectivity index (χ0) is 14.7. The first kappa shape index (κ1) is 14.3. The van der Waals surface area contributed by atoms with Gasteiger partial charge in [-0.25, -0.2) is 4.98 Å². The highest BCUT2D eigenvalue weighted by atomic mass is 16.5. The fraction of sp³-hybridized carbons (Fsp3) is 0.600. The van der Waals surface area contributed by atoms with Crippen LogP contribution < -0.4 is 0 Å². The average Bonchev–Trinajstić information content (AvgIpc) is 3.11. The summed E-state index contributed by atoms with van der Waals surface area (Å²) in [4.78, 5) is 6.69. The Kier molecular flexibility index (Phi) is 4.36. The van der Waals surface area contributed by atoms with Crippen molar-refractivity contribution in [1.82, 2.24) is 19.7 Å². The molecular formula is C15H22N4O2. The molecule has 6 nitrogen and oxygen atoms in total. The Morgan fingerprint density at radius 3 is 3.05 bits per heavy atom. The van der Waals surface area contributed by atoms with Crippen molar-refractivity contribution in [3.63, 3.8) is 0 Å². The van der Waals surface area contributed by atoms with Crippen molar-refractivity contribution in [2.24, 2.45) is 0 Å². The van der Waals surface area contributed by atoms with Gasteiger partial charge in [-0.2, -0.15) is 5.10 Å². The van der Waals surface area contributed by atoms with E-state index >= 15 is 0 Å². The molecule has 0 N–H and O–H groups in total. The normalized spacial score (nSPS) is 20.2. The standard InChI is InChI=1S/C15H22N4O2/c1-12(2)14-8-16-15(21-14)11-18-6-7-20-13(9-18)10-19-5-3-4-17-19/h3-5,8,12-13H,6-7,9-11H2,1-2H3. The van der Waals surface area contributed by atoms with Crippen molar-refractivity contribution in [2.45, 2.75) is 39.0 Å². The molecule has 0 aliphatic carbocycles. The molecule has 0 aromatic carbocycles. The van der Waals surface area contributed by atoms with Crippen molar-refractivity contribution in [3.05, 3.63) is 36.3 Å². The van der Waals surface area contributed by atoms with Crippen LogP contribution in [0.5, 0.6) is 0 Å². The Balaban J connectivity index is 1.55. The first-order chi connectivity index (χ1) is 10.2. The molecule has 1 saturated heterocycles. The summed E-state index contributed by atoms with van der Waals surface area (Å²) in [6, 6.07) is 1.93. The second-order valence-corrected chi connectivity index (χ2v) is 5.77. The molecule has 1 atom stereocenters. The highest BCUT2D eigenvalue weighted by Crippen LogP contribution is 2.17. The van der Waals surface area contributed by atoms with Crippen molar-refractivity contribution in [2.75, 3.05) is 19.7 Å². The maximum Gasteiger partial charge on any atom is 0.208 e. The van der Waals surface area contributed by atoms with Gasteiger partial charge in [0.25, 0.3) is 0 Å². The van der Waals surface area contributed by atoms with E-state index in [1.807, 2.05) is 23.1 Å². The van der Waals surface area contributed by atoms with E-state index in [0.717, 1.165) is 44.4 Å². The molecule has 1 aliphatic heterocycles. The number of ether oxygens (including phenoxy) is 1. The van der Waals surface area contributed by atoms with Crippen LogP contribution in [0.2, 0.25) is 0 Å². The lowest BCUT2D eigenvalue weighted by atomic mass is 10.2. The molecule has 0 spiro atoms. The average molecular weight is 290 g/mol. The molecule has 2 aromatic heterocycles. The molecular weight excluding hydrogens is 268 g/mol. The van der Waals surface area contributed by atoms with E-state index in [2.05, 4.69) is 28.8 Å². The van der Waals surface area contributed by atoms with E-state index in [-0.39, 0.29) is 6.10 Å². The largest absolute Gasteiger partial charge is 0.444 e. The smallest absolute Gasteiger partial charge is 0.208 e. The molecule has 0 saturated carbocycles. The zero-order valence-corrected chi connectivity index (χ0v) is 12.6. The van der Waals surface area contributed by atoms with Gasteiger partial charge in [0, 0.05) is 31.4 Å². The molecule has 1 unspecified atom stereocenters. The summed E-state index contributed by atoms with van der Waals surface area (Å²) < 4.78 is 13.5. The molecule has 3 rings (SSSR count). The van der Waals surface area contributed by atoms with E-state index in [1.165, 1.54) is 0 Å². The van der Waals surface area contributed by atoms with Crippen molar-refractivity contribution in [3.8, 4) is 0 Å². The van der Waals surface area contributed by atoms with Gasteiger partial charge in [-0.15, -0.1) is 0 Å². The van der Waals surface area contributed by atoms with Crippen molar-refractivity contribution in [1.29, 1.82) is 0 Å². The lowest BCUT2D eigenvalue weighted by molar-refractivity contribution is -0.0423. The first-order valence-corrected chi connectivity index (χ1v) is 7.46. The Bertz CT molecular complexity index is 550. The third kappa shape index (κ3) is 3.71. The van der Waals surface area contributed by atoms with Gasteiger partial charge in [-0.3, -0.25) is 9.58 Å². The molecule has 0 bridgehead atoms. The van der Waals surface area contributed by atoms with Crippen molar-refractivity contribution < 1.29 is 9.15 Å². The number of aromatic nitrogens is 3. The number of hydrogen-bond donors (Lipinski definition) is 0. The van der Waals surface area contributed by atoms with Crippen LogP contribution in [0.4, 0.5) is 0 Å². The van der Waals surface area contributed by atoms with Gasteiger partial charge in [-0.1, -0.05) is 13.8 Å². The van der Waals surface area contributed by atoms with E-state index in [4.69, 9.17) is 9.15 Å². The molecule has 1 aliphatic rings. The number of hydrogen-bond acceptors (Lipinski definition) is 5. The molecule has 0 amide bonds. The SMILES string of the molecule is CC(C)c1cnc(CN2CCOC(Cn3cccn3)C2)o1. The fourth-order valence-electron chi connectivity index (χ4n) is 2.51. The molecule has 3 heterocycles. The van der Waals surface area contributed by atoms with E-state index in [0.29, 0.717) is 5.92 Å². The fourth-order valence-corrected chi connectivity index (χ4v) is 2.51. The van der Waals surface area contributed by atoms with E-state index < -0.39 is 0 Å². The van der Waals surface area contributed by atoms with Crippen LogP contribution in [0.25, 0.3) is 0 Å². The predicted molar refractivity (Wildman–Crippen MR) is 77.8 cm³/mol. The predicted octanol–water partition coefficient (Wildman–Crippen LogP) is 1.90. The van der Waals surface area contributed by atoms with Crippen LogP contribution in [0.3, 0.4) is 0 Å². The van der Waals surface area contributed by atoms with Crippen LogP contribution in [-0.4, -0.2) is 45.5 Å². The number of morpholine rings is 1. The Labute approximate surface area is 124 Å². The lowest BCUT2D eigenvalue weighted by Crippen LogP contribution is -2.43. The number of rotatable bonds is 5. The third-order valence-corrected chi connectivity index (χ3v) is 3.67. The summed E-state index contributed by atoms with van der Waals surface area (Å²) >= 11 is 0. The summed E-state index contributed by atoms with van der Waals surface area (Å²) in [7, 11) is 0. The summed E-state index contributed by atoms with van der Waals surface area (Å²) in [6.07, 6.45) is 5.76. The minimum absolute atomic E-state index is 0.165. The molecule has 6 heteroatoms. The number of nitrogens with zero attached hydrogens (tertiary/aromatic N) is 4. The van der Waals surface area contributed by atoms with Gasteiger partial charge in [0.2, 0.25) is 5.89 Å². The van der Waals surface area contributed by atoms with Crippen molar-refractivity contribution >= 4 is 0 Å². The minimum atomic E-state index is 0.165.